The number of aromatic nitrogens is 2. The van der Waals surface area contributed by atoms with Crippen LogP contribution in [-0.2, 0) is 4.74 Å². The van der Waals surface area contributed by atoms with Gasteiger partial charge < -0.3 is 20.1 Å². The first-order valence-electron chi connectivity index (χ1n) is 8.86. The lowest BCUT2D eigenvalue weighted by Gasteiger charge is -2.11. The first-order chi connectivity index (χ1) is 12.6. The van der Waals surface area contributed by atoms with E-state index in [4.69, 9.17) is 9.47 Å². The van der Waals surface area contributed by atoms with E-state index in [-0.39, 0.29) is 18.1 Å². The Morgan fingerprint density at radius 1 is 1.27 bits per heavy atom. The zero-order valence-electron chi connectivity index (χ0n) is 15.1. The SMILES string of the molecule is CC(C)Oc1ccc(NC(=O)c2cnc(NCC3CCCO3)nc2)cc1. The van der Waals surface area contributed by atoms with Crippen molar-refractivity contribution in [1.29, 1.82) is 0 Å². The summed E-state index contributed by atoms with van der Waals surface area (Å²) in [4.78, 5) is 20.7. The van der Waals surface area contributed by atoms with Crippen molar-refractivity contribution in [3.63, 3.8) is 0 Å². The molecular formula is C19H24N4O3. The van der Waals surface area contributed by atoms with Crippen molar-refractivity contribution in [2.75, 3.05) is 23.8 Å². The summed E-state index contributed by atoms with van der Waals surface area (Å²) in [5, 5.41) is 5.95. The molecule has 1 aliphatic heterocycles. The zero-order chi connectivity index (χ0) is 18.4. The highest BCUT2D eigenvalue weighted by atomic mass is 16.5. The average Bonchev–Trinajstić information content (AvgIpc) is 3.15. The van der Waals surface area contributed by atoms with Gasteiger partial charge in [-0.3, -0.25) is 4.79 Å². The first kappa shape index (κ1) is 18.1. The molecule has 1 atom stereocenters. The molecule has 1 aliphatic rings. The van der Waals surface area contributed by atoms with E-state index < -0.39 is 0 Å². The minimum Gasteiger partial charge on any atom is -0.491 e. The Hall–Kier alpha value is -2.67. The van der Waals surface area contributed by atoms with Gasteiger partial charge in [-0.05, 0) is 51.0 Å². The van der Waals surface area contributed by atoms with Crippen molar-refractivity contribution in [3.05, 3.63) is 42.2 Å². The van der Waals surface area contributed by atoms with Gasteiger partial charge in [0, 0.05) is 31.2 Å². The Morgan fingerprint density at radius 3 is 2.62 bits per heavy atom. The summed E-state index contributed by atoms with van der Waals surface area (Å²) >= 11 is 0. The maximum Gasteiger partial charge on any atom is 0.258 e. The molecule has 7 nitrogen and oxygen atoms in total. The molecule has 7 heteroatoms. The molecule has 0 radical (unpaired) electrons. The Labute approximate surface area is 153 Å². The van der Waals surface area contributed by atoms with Crippen molar-refractivity contribution in [1.82, 2.24) is 9.97 Å². The van der Waals surface area contributed by atoms with E-state index in [1.807, 2.05) is 26.0 Å². The molecule has 0 saturated carbocycles. The van der Waals surface area contributed by atoms with Gasteiger partial charge in [-0.1, -0.05) is 0 Å². The smallest absolute Gasteiger partial charge is 0.258 e. The summed E-state index contributed by atoms with van der Waals surface area (Å²) in [7, 11) is 0. The average molecular weight is 356 g/mol. The van der Waals surface area contributed by atoms with Crippen LogP contribution >= 0.6 is 0 Å². The van der Waals surface area contributed by atoms with Gasteiger partial charge in [0.2, 0.25) is 5.95 Å². The van der Waals surface area contributed by atoms with Crippen LogP contribution in [0.1, 0.15) is 37.0 Å². The minimum atomic E-state index is -0.256. The fourth-order valence-electron chi connectivity index (χ4n) is 2.64. The van der Waals surface area contributed by atoms with Gasteiger partial charge in [0.05, 0.1) is 17.8 Å². The van der Waals surface area contributed by atoms with E-state index in [0.717, 1.165) is 25.2 Å². The number of hydrogen-bond acceptors (Lipinski definition) is 6. The summed E-state index contributed by atoms with van der Waals surface area (Å²) < 4.78 is 11.1. The second kappa shape index (κ2) is 8.62. The third kappa shape index (κ3) is 5.16. The fraction of sp³-hybridized carbons (Fsp3) is 0.421. The standard InChI is InChI=1S/C19H24N4O3/c1-13(2)26-16-7-5-15(6-8-16)23-18(24)14-10-20-19(21-11-14)22-12-17-4-3-9-25-17/h5-8,10-11,13,17H,3-4,9,12H2,1-2H3,(H,23,24)(H,20,21,22). The molecule has 1 amide bonds. The number of nitrogens with zero attached hydrogens (tertiary/aromatic N) is 2. The molecule has 1 fully saturated rings. The van der Waals surface area contributed by atoms with Crippen LogP contribution in [0.5, 0.6) is 5.75 Å². The molecule has 1 aromatic heterocycles. The number of anilines is 2. The van der Waals surface area contributed by atoms with Crippen molar-refractivity contribution in [2.45, 2.75) is 38.9 Å². The summed E-state index contributed by atoms with van der Waals surface area (Å²) in [6.45, 7) is 5.43. The number of ether oxygens (including phenoxy) is 2. The minimum absolute atomic E-state index is 0.111. The van der Waals surface area contributed by atoms with E-state index in [1.165, 1.54) is 12.4 Å². The number of rotatable bonds is 7. The van der Waals surface area contributed by atoms with Gasteiger partial charge in [0.15, 0.2) is 0 Å². The van der Waals surface area contributed by atoms with Crippen molar-refractivity contribution in [3.8, 4) is 5.75 Å². The van der Waals surface area contributed by atoms with Gasteiger partial charge in [0.25, 0.3) is 5.91 Å². The number of amides is 1. The van der Waals surface area contributed by atoms with Gasteiger partial charge in [0.1, 0.15) is 5.75 Å². The second-order valence-corrected chi connectivity index (χ2v) is 6.46. The lowest BCUT2D eigenvalue weighted by molar-refractivity contribution is 0.102. The molecular weight excluding hydrogens is 332 g/mol. The predicted molar refractivity (Wildman–Crippen MR) is 99.7 cm³/mol. The van der Waals surface area contributed by atoms with Crippen LogP contribution in [0, 0.1) is 0 Å². The molecule has 0 spiro atoms. The van der Waals surface area contributed by atoms with Crippen molar-refractivity contribution >= 4 is 17.5 Å². The quantitative estimate of drug-likeness (QED) is 0.793. The van der Waals surface area contributed by atoms with Crippen LogP contribution in [0.4, 0.5) is 11.6 Å². The maximum atomic E-state index is 12.3. The highest BCUT2D eigenvalue weighted by molar-refractivity contribution is 6.03. The van der Waals surface area contributed by atoms with Crippen LogP contribution in [0.15, 0.2) is 36.7 Å². The summed E-state index contributed by atoms with van der Waals surface area (Å²) in [6, 6.07) is 7.25. The molecule has 2 heterocycles. The van der Waals surface area contributed by atoms with Crippen LogP contribution in [0.25, 0.3) is 0 Å². The topological polar surface area (TPSA) is 85.4 Å². The Kier molecular flexibility index (Phi) is 6.01. The lowest BCUT2D eigenvalue weighted by atomic mass is 10.2. The van der Waals surface area contributed by atoms with E-state index in [9.17, 15) is 4.79 Å². The van der Waals surface area contributed by atoms with Crippen molar-refractivity contribution < 1.29 is 14.3 Å². The van der Waals surface area contributed by atoms with Gasteiger partial charge in [-0.25, -0.2) is 9.97 Å². The number of benzene rings is 1. The monoisotopic (exact) mass is 356 g/mol. The molecule has 1 aromatic carbocycles. The van der Waals surface area contributed by atoms with E-state index in [1.54, 1.807) is 12.1 Å². The molecule has 26 heavy (non-hydrogen) atoms. The summed E-state index contributed by atoms with van der Waals surface area (Å²) in [5.74, 6) is 1.00. The highest BCUT2D eigenvalue weighted by Gasteiger charge is 2.15. The first-order valence-corrected chi connectivity index (χ1v) is 8.86. The van der Waals surface area contributed by atoms with Crippen LogP contribution < -0.4 is 15.4 Å². The maximum absolute atomic E-state index is 12.3. The summed E-state index contributed by atoms with van der Waals surface area (Å²) in [5.41, 5.74) is 1.09. The number of hydrogen-bond donors (Lipinski definition) is 2. The number of carbonyl (C=O) groups is 1. The Bertz CT molecular complexity index is 711. The largest absolute Gasteiger partial charge is 0.491 e. The lowest BCUT2D eigenvalue weighted by Crippen LogP contribution is -2.20. The molecule has 2 N–H and O–H groups in total. The number of nitrogens with one attached hydrogen (secondary N) is 2. The van der Waals surface area contributed by atoms with Crippen LogP contribution in [0.2, 0.25) is 0 Å². The Morgan fingerprint density at radius 2 is 2.00 bits per heavy atom. The molecule has 1 saturated heterocycles. The van der Waals surface area contributed by atoms with Crippen molar-refractivity contribution in [2.24, 2.45) is 0 Å². The van der Waals surface area contributed by atoms with Gasteiger partial charge in [-0.2, -0.15) is 0 Å². The van der Waals surface area contributed by atoms with Gasteiger partial charge >= 0.3 is 0 Å². The third-order valence-corrected chi connectivity index (χ3v) is 3.91. The summed E-state index contributed by atoms with van der Waals surface area (Å²) in [6.07, 6.45) is 5.49. The third-order valence-electron chi connectivity index (χ3n) is 3.91. The number of carbonyl (C=O) groups excluding carboxylic acids is 1. The fourth-order valence-corrected chi connectivity index (χ4v) is 2.64. The van der Waals surface area contributed by atoms with E-state index in [2.05, 4.69) is 20.6 Å². The molecule has 138 valence electrons. The van der Waals surface area contributed by atoms with E-state index >= 15 is 0 Å². The Balaban J connectivity index is 1.52. The molecule has 1 unspecified atom stereocenters. The zero-order valence-corrected chi connectivity index (χ0v) is 15.1. The van der Waals surface area contributed by atoms with Crippen LogP contribution in [0.3, 0.4) is 0 Å². The normalized spacial score (nSPS) is 16.5. The van der Waals surface area contributed by atoms with Gasteiger partial charge in [-0.15, -0.1) is 0 Å². The van der Waals surface area contributed by atoms with E-state index in [0.29, 0.717) is 23.7 Å². The highest BCUT2D eigenvalue weighted by Crippen LogP contribution is 2.17. The molecule has 0 aliphatic carbocycles. The second-order valence-electron chi connectivity index (χ2n) is 6.46. The molecule has 3 rings (SSSR count). The van der Waals surface area contributed by atoms with Crippen LogP contribution in [-0.4, -0.2) is 41.2 Å². The molecule has 0 bridgehead atoms. The predicted octanol–water partition coefficient (Wildman–Crippen LogP) is 3.11. The molecule has 2 aromatic rings.